The number of hydrogen-bond acceptors (Lipinski definition) is 4. The highest BCUT2D eigenvalue weighted by Gasteiger charge is 2.17. The summed E-state index contributed by atoms with van der Waals surface area (Å²) in [5.74, 6) is -0.0987. The number of nitrogens with one attached hydrogen (secondary N) is 1. The van der Waals surface area contributed by atoms with Crippen LogP contribution in [0.2, 0.25) is 5.02 Å². The first kappa shape index (κ1) is 26.1. The van der Waals surface area contributed by atoms with Gasteiger partial charge < -0.3 is 10.1 Å². The van der Waals surface area contributed by atoms with Crippen molar-refractivity contribution in [1.29, 1.82) is 0 Å². The number of rotatable bonds is 5. The van der Waals surface area contributed by atoms with Gasteiger partial charge in [0.15, 0.2) is 0 Å². The number of amides is 1. The van der Waals surface area contributed by atoms with Gasteiger partial charge in [0.2, 0.25) is 5.91 Å². The molecular weight excluding hydrogens is 484 g/mol. The maximum atomic E-state index is 13.1. The Balaban J connectivity index is 1.74. The van der Waals surface area contributed by atoms with E-state index in [2.05, 4.69) is 22.4 Å². The largest absolute Gasteiger partial charge is 0.426 e. The van der Waals surface area contributed by atoms with Crippen molar-refractivity contribution in [3.05, 3.63) is 93.1 Å². The molecule has 1 heterocycles. The quantitative estimate of drug-likeness (QED) is 0.169. The summed E-state index contributed by atoms with van der Waals surface area (Å²) in [5, 5.41) is 4.53. The van der Waals surface area contributed by atoms with Crippen LogP contribution >= 0.6 is 11.6 Å². The summed E-state index contributed by atoms with van der Waals surface area (Å²) in [6, 6.07) is 13.7. The average molecular weight is 513 g/mol. The number of esters is 1. The molecule has 0 atom stereocenters. The number of hydrogen-bond donors (Lipinski definition) is 1. The van der Waals surface area contributed by atoms with Crippen molar-refractivity contribution in [1.82, 2.24) is 4.98 Å². The van der Waals surface area contributed by atoms with Crippen molar-refractivity contribution in [2.45, 2.75) is 41.5 Å². The third-order valence-electron chi connectivity index (χ3n) is 6.43. The number of pyridine rings is 1. The number of ether oxygens (including phenoxy) is 1. The number of aryl methyl sites for hydroxylation is 3. The molecule has 1 amide bonds. The zero-order valence-corrected chi connectivity index (χ0v) is 22.6. The number of carbonyl (C=O) groups is 2. The second-order valence-corrected chi connectivity index (χ2v) is 9.69. The summed E-state index contributed by atoms with van der Waals surface area (Å²) in [6.45, 7) is 11.2. The van der Waals surface area contributed by atoms with Crippen molar-refractivity contribution in [3.8, 4) is 16.9 Å². The zero-order chi connectivity index (χ0) is 26.9. The van der Waals surface area contributed by atoms with Crippen LogP contribution < -0.4 is 10.1 Å². The molecule has 37 heavy (non-hydrogen) atoms. The molecule has 0 radical (unpaired) electrons. The number of carbonyl (C=O) groups excluding carboxylic acids is 2. The maximum absolute atomic E-state index is 13.1. The van der Waals surface area contributed by atoms with Crippen LogP contribution in [-0.2, 0) is 9.59 Å². The van der Waals surface area contributed by atoms with Gasteiger partial charge in [-0.25, -0.2) is 0 Å². The van der Waals surface area contributed by atoms with E-state index in [0.29, 0.717) is 16.5 Å². The highest BCUT2D eigenvalue weighted by Crippen LogP contribution is 2.39. The highest BCUT2D eigenvalue weighted by molar-refractivity contribution is 6.34. The minimum atomic E-state index is -0.364. The molecule has 0 aliphatic rings. The monoisotopic (exact) mass is 512 g/mol. The Labute approximate surface area is 222 Å². The van der Waals surface area contributed by atoms with Crippen LogP contribution in [0.15, 0.2) is 54.7 Å². The van der Waals surface area contributed by atoms with Crippen molar-refractivity contribution in [3.63, 3.8) is 0 Å². The highest BCUT2D eigenvalue weighted by atomic mass is 35.5. The molecule has 4 rings (SSSR count). The van der Waals surface area contributed by atoms with E-state index in [1.807, 2.05) is 65.0 Å². The van der Waals surface area contributed by atoms with Crippen molar-refractivity contribution >= 4 is 46.1 Å². The van der Waals surface area contributed by atoms with Gasteiger partial charge in [-0.05, 0) is 86.7 Å². The van der Waals surface area contributed by atoms with Crippen LogP contribution in [0, 0.1) is 34.6 Å². The Hall–Kier alpha value is -3.96. The number of aromatic nitrogens is 1. The lowest BCUT2D eigenvalue weighted by Gasteiger charge is -2.16. The predicted octanol–water partition coefficient (Wildman–Crippen LogP) is 7.67. The molecular formula is C31H29ClN2O3. The van der Waals surface area contributed by atoms with Gasteiger partial charge in [-0.1, -0.05) is 41.4 Å². The topological polar surface area (TPSA) is 68.3 Å². The van der Waals surface area contributed by atoms with Crippen LogP contribution in [0.1, 0.15) is 40.3 Å². The maximum Gasteiger partial charge on any atom is 0.308 e. The Kier molecular flexibility index (Phi) is 7.46. The lowest BCUT2D eigenvalue weighted by molar-refractivity contribution is -0.132. The third-order valence-corrected chi connectivity index (χ3v) is 6.76. The smallest absolute Gasteiger partial charge is 0.308 e. The molecule has 0 unspecified atom stereocenters. The zero-order valence-electron chi connectivity index (χ0n) is 21.8. The van der Waals surface area contributed by atoms with Crippen molar-refractivity contribution in [2.75, 3.05) is 5.32 Å². The Morgan fingerprint density at radius 2 is 1.70 bits per heavy atom. The molecule has 0 aliphatic carbocycles. The third kappa shape index (κ3) is 5.42. The summed E-state index contributed by atoms with van der Waals surface area (Å²) < 4.78 is 5.37. The normalized spacial score (nSPS) is 11.2. The second kappa shape index (κ2) is 10.6. The fourth-order valence-corrected chi connectivity index (χ4v) is 4.84. The van der Waals surface area contributed by atoms with E-state index >= 15 is 0 Å². The average Bonchev–Trinajstić information content (AvgIpc) is 2.83. The first-order valence-electron chi connectivity index (χ1n) is 12.0. The molecule has 6 heteroatoms. The van der Waals surface area contributed by atoms with Gasteiger partial charge >= 0.3 is 5.97 Å². The Bertz CT molecular complexity index is 1590. The number of anilines is 1. The molecule has 0 fully saturated rings. The molecule has 1 aromatic heterocycles. The Morgan fingerprint density at radius 3 is 2.41 bits per heavy atom. The number of halogens is 1. The summed E-state index contributed by atoms with van der Waals surface area (Å²) >= 11 is 6.60. The predicted molar refractivity (Wildman–Crippen MR) is 151 cm³/mol. The fourth-order valence-electron chi connectivity index (χ4n) is 4.61. The van der Waals surface area contributed by atoms with Crippen LogP contribution in [0.3, 0.4) is 0 Å². The molecule has 3 aromatic carbocycles. The number of nitrogens with zero attached hydrogens (tertiary/aromatic N) is 1. The molecule has 0 aliphatic heterocycles. The first-order chi connectivity index (χ1) is 17.6. The SMILES string of the molecule is CC(=O)Oc1c(C)cc(C=CC(=O)Nc2cnc3c(C)cc(C)cc3c2-c2ccccc2Cl)c(C)c1C. The molecule has 5 nitrogen and oxygen atoms in total. The van der Waals surface area contributed by atoms with Crippen LogP contribution in [-0.4, -0.2) is 16.9 Å². The van der Waals surface area contributed by atoms with E-state index in [1.165, 1.54) is 13.0 Å². The van der Waals surface area contributed by atoms with Gasteiger partial charge in [0.05, 0.1) is 17.4 Å². The Morgan fingerprint density at radius 1 is 0.973 bits per heavy atom. The van der Waals surface area contributed by atoms with E-state index in [-0.39, 0.29) is 11.9 Å². The van der Waals surface area contributed by atoms with E-state index in [0.717, 1.165) is 55.4 Å². The lowest BCUT2D eigenvalue weighted by atomic mass is 9.96. The standard InChI is InChI=1S/C31H29ClN2O3/c1-17-13-18(2)30-25(14-17)29(24-9-7-8-10-26(24)32)27(16-33-30)34-28(36)12-11-23-15-19(3)31(37-22(6)35)21(5)20(23)4/h7-16H,1-6H3,(H,34,36). The summed E-state index contributed by atoms with van der Waals surface area (Å²) in [4.78, 5) is 29.2. The molecule has 1 N–H and O–H groups in total. The fraction of sp³-hybridized carbons (Fsp3) is 0.194. The van der Waals surface area contributed by atoms with Gasteiger partial charge in [-0.15, -0.1) is 0 Å². The van der Waals surface area contributed by atoms with Gasteiger partial charge in [0, 0.05) is 34.5 Å². The first-order valence-corrected chi connectivity index (χ1v) is 12.4. The van der Waals surface area contributed by atoms with E-state index in [4.69, 9.17) is 16.3 Å². The summed E-state index contributed by atoms with van der Waals surface area (Å²) in [7, 11) is 0. The number of benzene rings is 3. The van der Waals surface area contributed by atoms with Gasteiger partial charge in [0.25, 0.3) is 0 Å². The van der Waals surface area contributed by atoms with E-state index in [1.54, 1.807) is 12.3 Å². The van der Waals surface area contributed by atoms with E-state index < -0.39 is 0 Å². The lowest BCUT2D eigenvalue weighted by Crippen LogP contribution is -2.10. The summed E-state index contributed by atoms with van der Waals surface area (Å²) in [5.41, 5.74) is 8.74. The van der Waals surface area contributed by atoms with Crippen LogP contribution in [0.5, 0.6) is 5.75 Å². The minimum absolute atomic E-state index is 0.294. The summed E-state index contributed by atoms with van der Waals surface area (Å²) in [6.07, 6.45) is 4.94. The molecule has 0 saturated heterocycles. The molecule has 0 spiro atoms. The molecule has 4 aromatic rings. The van der Waals surface area contributed by atoms with Crippen LogP contribution in [0.4, 0.5) is 5.69 Å². The second-order valence-electron chi connectivity index (χ2n) is 9.28. The molecule has 0 bridgehead atoms. The number of fused-ring (bicyclic) bond motifs is 1. The molecule has 0 saturated carbocycles. The van der Waals surface area contributed by atoms with Crippen molar-refractivity contribution < 1.29 is 14.3 Å². The van der Waals surface area contributed by atoms with Gasteiger partial charge in [-0.3, -0.25) is 14.6 Å². The van der Waals surface area contributed by atoms with Crippen LogP contribution in [0.25, 0.3) is 28.1 Å². The minimum Gasteiger partial charge on any atom is -0.426 e. The van der Waals surface area contributed by atoms with Gasteiger partial charge in [0.1, 0.15) is 5.75 Å². The van der Waals surface area contributed by atoms with E-state index in [9.17, 15) is 9.59 Å². The van der Waals surface area contributed by atoms with Gasteiger partial charge in [-0.2, -0.15) is 0 Å². The molecule has 188 valence electrons. The van der Waals surface area contributed by atoms with Crippen molar-refractivity contribution in [2.24, 2.45) is 0 Å².